The van der Waals surface area contributed by atoms with Crippen LogP contribution >= 0.6 is 34.5 Å². The second-order valence-electron chi connectivity index (χ2n) is 3.61. The molecule has 0 spiro atoms. The van der Waals surface area contributed by atoms with Crippen molar-refractivity contribution in [1.29, 1.82) is 0 Å². The van der Waals surface area contributed by atoms with Crippen molar-refractivity contribution in [3.8, 4) is 0 Å². The standard InChI is InChI=1S/C12H11Cl2NS/c1-7-11(2-3-16-7)12(15)8-4-9(13)6-10(14)5-8/h2-6,12H,15H2,1H3. The van der Waals surface area contributed by atoms with E-state index in [0.29, 0.717) is 10.0 Å². The third kappa shape index (κ3) is 2.41. The number of hydrogen-bond acceptors (Lipinski definition) is 2. The van der Waals surface area contributed by atoms with Crippen molar-refractivity contribution in [3.05, 3.63) is 55.7 Å². The minimum Gasteiger partial charge on any atom is -0.320 e. The smallest absolute Gasteiger partial charge is 0.0563 e. The Hall–Kier alpha value is -0.540. The molecule has 1 aromatic carbocycles. The van der Waals surface area contributed by atoms with E-state index in [2.05, 4.69) is 6.92 Å². The summed E-state index contributed by atoms with van der Waals surface area (Å²) >= 11 is 13.6. The lowest BCUT2D eigenvalue weighted by Crippen LogP contribution is -2.11. The summed E-state index contributed by atoms with van der Waals surface area (Å²) in [4.78, 5) is 1.23. The molecular weight excluding hydrogens is 261 g/mol. The minimum absolute atomic E-state index is 0.164. The van der Waals surface area contributed by atoms with Gasteiger partial charge in [-0.1, -0.05) is 23.2 Å². The van der Waals surface area contributed by atoms with Gasteiger partial charge in [0.1, 0.15) is 0 Å². The number of nitrogens with two attached hydrogens (primary N) is 1. The Morgan fingerprint density at radius 1 is 1.19 bits per heavy atom. The average molecular weight is 272 g/mol. The van der Waals surface area contributed by atoms with E-state index in [1.807, 2.05) is 23.6 Å². The molecule has 0 radical (unpaired) electrons. The molecule has 84 valence electrons. The van der Waals surface area contributed by atoms with E-state index in [1.165, 1.54) is 4.88 Å². The predicted molar refractivity (Wildman–Crippen MR) is 71.5 cm³/mol. The lowest BCUT2D eigenvalue weighted by atomic mass is 10.0. The summed E-state index contributed by atoms with van der Waals surface area (Å²) in [6.45, 7) is 2.06. The minimum atomic E-state index is -0.164. The molecule has 0 amide bonds. The van der Waals surface area contributed by atoms with Crippen molar-refractivity contribution in [2.24, 2.45) is 5.73 Å². The fourth-order valence-corrected chi connectivity index (χ4v) is 2.94. The zero-order valence-electron chi connectivity index (χ0n) is 8.71. The van der Waals surface area contributed by atoms with Gasteiger partial charge in [0, 0.05) is 14.9 Å². The summed E-state index contributed by atoms with van der Waals surface area (Å²) < 4.78 is 0. The van der Waals surface area contributed by atoms with E-state index in [-0.39, 0.29) is 6.04 Å². The van der Waals surface area contributed by atoms with Gasteiger partial charge in [-0.3, -0.25) is 0 Å². The van der Waals surface area contributed by atoms with Gasteiger partial charge in [-0.15, -0.1) is 11.3 Å². The summed E-state index contributed by atoms with van der Waals surface area (Å²) in [5.41, 5.74) is 8.26. The number of thiophene rings is 1. The third-order valence-corrected chi connectivity index (χ3v) is 3.78. The molecule has 1 unspecified atom stereocenters. The van der Waals surface area contributed by atoms with E-state index in [9.17, 15) is 0 Å². The number of halogens is 2. The van der Waals surface area contributed by atoms with Crippen molar-refractivity contribution in [3.63, 3.8) is 0 Å². The van der Waals surface area contributed by atoms with Crippen LogP contribution in [-0.2, 0) is 0 Å². The number of aryl methyl sites for hydroxylation is 1. The molecule has 1 aromatic heterocycles. The topological polar surface area (TPSA) is 26.0 Å². The lowest BCUT2D eigenvalue weighted by Gasteiger charge is -2.12. The Morgan fingerprint density at radius 3 is 2.31 bits per heavy atom. The van der Waals surface area contributed by atoms with Gasteiger partial charge in [-0.05, 0) is 47.7 Å². The Morgan fingerprint density at radius 2 is 1.81 bits per heavy atom. The van der Waals surface area contributed by atoms with Crippen LogP contribution in [0.3, 0.4) is 0 Å². The molecule has 0 fully saturated rings. The molecule has 1 heterocycles. The Kier molecular flexibility index (Phi) is 3.55. The average Bonchev–Trinajstić information content (AvgIpc) is 2.62. The molecule has 2 aromatic rings. The third-order valence-electron chi connectivity index (χ3n) is 2.48. The molecule has 1 atom stereocenters. The molecule has 0 saturated heterocycles. The summed E-state index contributed by atoms with van der Waals surface area (Å²) in [5, 5.41) is 3.27. The largest absolute Gasteiger partial charge is 0.320 e. The highest BCUT2D eigenvalue weighted by molar-refractivity contribution is 7.10. The van der Waals surface area contributed by atoms with Crippen LogP contribution in [0.1, 0.15) is 22.0 Å². The van der Waals surface area contributed by atoms with Crippen LogP contribution < -0.4 is 5.73 Å². The normalized spacial score (nSPS) is 12.8. The highest BCUT2D eigenvalue weighted by atomic mass is 35.5. The van der Waals surface area contributed by atoms with Gasteiger partial charge < -0.3 is 5.73 Å². The second kappa shape index (κ2) is 4.76. The van der Waals surface area contributed by atoms with Crippen LogP contribution in [0.5, 0.6) is 0 Å². The van der Waals surface area contributed by atoms with E-state index >= 15 is 0 Å². The molecule has 16 heavy (non-hydrogen) atoms. The van der Waals surface area contributed by atoms with Gasteiger partial charge in [0.15, 0.2) is 0 Å². The van der Waals surface area contributed by atoms with Crippen LogP contribution in [0.25, 0.3) is 0 Å². The van der Waals surface area contributed by atoms with Crippen molar-refractivity contribution >= 4 is 34.5 Å². The molecule has 0 bridgehead atoms. The van der Waals surface area contributed by atoms with Crippen molar-refractivity contribution in [1.82, 2.24) is 0 Å². The first-order valence-corrected chi connectivity index (χ1v) is 6.47. The molecule has 0 aliphatic heterocycles. The van der Waals surface area contributed by atoms with Crippen molar-refractivity contribution in [2.75, 3.05) is 0 Å². The second-order valence-corrected chi connectivity index (χ2v) is 5.61. The van der Waals surface area contributed by atoms with Gasteiger partial charge in [0.05, 0.1) is 6.04 Å². The first kappa shape index (κ1) is 11.9. The van der Waals surface area contributed by atoms with Crippen LogP contribution in [0.2, 0.25) is 10.0 Å². The maximum atomic E-state index is 6.19. The molecule has 0 saturated carbocycles. The first-order chi connectivity index (χ1) is 7.58. The fraction of sp³-hybridized carbons (Fsp3) is 0.167. The summed E-state index contributed by atoms with van der Waals surface area (Å²) in [7, 11) is 0. The van der Waals surface area contributed by atoms with Crippen LogP contribution in [-0.4, -0.2) is 0 Å². The molecular formula is C12H11Cl2NS. The van der Waals surface area contributed by atoms with Gasteiger partial charge in [0.2, 0.25) is 0 Å². The summed E-state index contributed by atoms with van der Waals surface area (Å²) in [6.07, 6.45) is 0. The van der Waals surface area contributed by atoms with Crippen LogP contribution in [0.15, 0.2) is 29.6 Å². The Balaban J connectivity index is 2.41. The zero-order chi connectivity index (χ0) is 11.7. The fourth-order valence-electron chi connectivity index (χ4n) is 1.65. The van der Waals surface area contributed by atoms with E-state index in [4.69, 9.17) is 28.9 Å². The zero-order valence-corrected chi connectivity index (χ0v) is 11.0. The van der Waals surface area contributed by atoms with Crippen LogP contribution in [0.4, 0.5) is 0 Å². The maximum absolute atomic E-state index is 6.19. The number of rotatable bonds is 2. The Bertz CT molecular complexity index is 487. The number of hydrogen-bond donors (Lipinski definition) is 1. The van der Waals surface area contributed by atoms with E-state index in [0.717, 1.165) is 11.1 Å². The summed E-state index contributed by atoms with van der Waals surface area (Å²) in [5.74, 6) is 0. The van der Waals surface area contributed by atoms with Gasteiger partial charge in [-0.25, -0.2) is 0 Å². The highest BCUT2D eigenvalue weighted by Gasteiger charge is 2.13. The van der Waals surface area contributed by atoms with Crippen molar-refractivity contribution < 1.29 is 0 Å². The molecule has 2 N–H and O–H groups in total. The lowest BCUT2D eigenvalue weighted by molar-refractivity contribution is 0.869. The molecule has 1 nitrogen and oxygen atoms in total. The van der Waals surface area contributed by atoms with Gasteiger partial charge in [0.25, 0.3) is 0 Å². The van der Waals surface area contributed by atoms with E-state index in [1.54, 1.807) is 17.4 Å². The quantitative estimate of drug-likeness (QED) is 0.860. The monoisotopic (exact) mass is 271 g/mol. The molecule has 0 aliphatic rings. The summed E-state index contributed by atoms with van der Waals surface area (Å²) in [6, 6.07) is 7.30. The molecule has 2 rings (SSSR count). The first-order valence-electron chi connectivity index (χ1n) is 4.83. The number of benzene rings is 1. The van der Waals surface area contributed by atoms with E-state index < -0.39 is 0 Å². The highest BCUT2D eigenvalue weighted by Crippen LogP contribution is 2.29. The van der Waals surface area contributed by atoms with Gasteiger partial charge in [-0.2, -0.15) is 0 Å². The Labute approximate surface area is 109 Å². The predicted octanol–water partition coefficient (Wildman–Crippen LogP) is 4.41. The molecule has 0 aliphatic carbocycles. The van der Waals surface area contributed by atoms with Gasteiger partial charge >= 0.3 is 0 Å². The van der Waals surface area contributed by atoms with Crippen LogP contribution in [0, 0.1) is 6.92 Å². The maximum Gasteiger partial charge on any atom is 0.0563 e. The van der Waals surface area contributed by atoms with Crippen molar-refractivity contribution in [2.45, 2.75) is 13.0 Å². The SMILES string of the molecule is Cc1sccc1C(N)c1cc(Cl)cc(Cl)c1. The molecule has 4 heteroatoms.